The molecule has 1 aromatic carbocycles. The Labute approximate surface area is 123 Å². The van der Waals surface area contributed by atoms with Crippen molar-refractivity contribution in [2.45, 2.75) is 19.1 Å². The maximum Gasteiger partial charge on any atom is 0.418 e. The molecule has 1 aromatic heterocycles. The Kier molecular flexibility index (Phi) is 4.15. The van der Waals surface area contributed by atoms with Crippen LogP contribution in [-0.4, -0.2) is 0 Å². The number of nitrogen functional groups attached to an aromatic ring is 1. The Bertz CT molecular complexity index is 610. The van der Waals surface area contributed by atoms with Crippen LogP contribution in [0.2, 0.25) is 4.34 Å². The first-order valence-electron chi connectivity index (χ1n) is 5.76. The summed E-state index contributed by atoms with van der Waals surface area (Å²) in [5, 5.41) is 2.85. The lowest BCUT2D eigenvalue weighted by atomic mass is 10.1. The fourth-order valence-electron chi connectivity index (χ4n) is 1.79. The normalized spacial score (nSPS) is 13.2. The van der Waals surface area contributed by atoms with Crippen LogP contribution in [-0.2, 0) is 6.18 Å². The molecule has 1 atom stereocenters. The molecule has 7 heteroatoms. The van der Waals surface area contributed by atoms with E-state index in [1.807, 2.05) is 0 Å². The highest BCUT2D eigenvalue weighted by Gasteiger charge is 2.34. The first-order valence-corrected chi connectivity index (χ1v) is 6.95. The third-order valence-electron chi connectivity index (χ3n) is 2.74. The number of hydrogen-bond acceptors (Lipinski definition) is 3. The van der Waals surface area contributed by atoms with Crippen LogP contribution in [0.15, 0.2) is 30.3 Å². The third kappa shape index (κ3) is 3.37. The fraction of sp³-hybridized carbons (Fsp3) is 0.231. The monoisotopic (exact) mass is 320 g/mol. The van der Waals surface area contributed by atoms with Gasteiger partial charge in [0.1, 0.15) is 0 Å². The van der Waals surface area contributed by atoms with Crippen molar-refractivity contribution in [3.63, 3.8) is 0 Å². The molecule has 0 saturated carbocycles. The molecule has 0 spiro atoms. The number of halogens is 4. The summed E-state index contributed by atoms with van der Waals surface area (Å²) in [7, 11) is 0. The number of rotatable bonds is 3. The Hall–Kier alpha value is -1.40. The summed E-state index contributed by atoms with van der Waals surface area (Å²) >= 11 is 7.15. The molecule has 0 aliphatic carbocycles. The first kappa shape index (κ1) is 15.0. The van der Waals surface area contributed by atoms with Gasteiger partial charge in [-0.15, -0.1) is 11.3 Å². The predicted molar refractivity (Wildman–Crippen MR) is 77.2 cm³/mol. The maximum absolute atomic E-state index is 13.0. The van der Waals surface area contributed by atoms with Gasteiger partial charge in [-0.05, 0) is 37.3 Å². The zero-order valence-electron chi connectivity index (χ0n) is 10.5. The first-order chi connectivity index (χ1) is 9.27. The van der Waals surface area contributed by atoms with Gasteiger partial charge in [0.05, 0.1) is 15.9 Å². The Balaban J connectivity index is 2.29. The smallest absolute Gasteiger partial charge is 0.399 e. The lowest BCUT2D eigenvalue weighted by Crippen LogP contribution is -2.13. The van der Waals surface area contributed by atoms with Crippen LogP contribution in [0.1, 0.15) is 23.4 Å². The van der Waals surface area contributed by atoms with Gasteiger partial charge in [0.2, 0.25) is 0 Å². The van der Waals surface area contributed by atoms with E-state index in [-0.39, 0.29) is 17.4 Å². The average Bonchev–Trinajstić information content (AvgIpc) is 2.77. The number of nitrogens with two attached hydrogens (primary N) is 1. The molecule has 0 fully saturated rings. The predicted octanol–water partition coefficient (Wildman–Crippen LogP) is 5.18. The highest BCUT2D eigenvalue weighted by molar-refractivity contribution is 7.16. The summed E-state index contributed by atoms with van der Waals surface area (Å²) in [5.74, 6) is 0. The van der Waals surface area contributed by atoms with Gasteiger partial charge in [-0.3, -0.25) is 0 Å². The van der Waals surface area contributed by atoms with Crippen LogP contribution in [0.4, 0.5) is 24.5 Å². The summed E-state index contributed by atoms with van der Waals surface area (Å²) < 4.78 is 39.5. The number of alkyl halides is 3. The summed E-state index contributed by atoms with van der Waals surface area (Å²) in [6, 6.07) is 6.92. The van der Waals surface area contributed by atoms with Crippen LogP contribution < -0.4 is 11.1 Å². The van der Waals surface area contributed by atoms with Gasteiger partial charge < -0.3 is 11.1 Å². The van der Waals surface area contributed by atoms with Crippen LogP contribution in [0, 0.1) is 0 Å². The molecule has 20 heavy (non-hydrogen) atoms. The van der Waals surface area contributed by atoms with Crippen molar-refractivity contribution in [3.8, 4) is 0 Å². The molecular formula is C13H12ClF3N2S. The summed E-state index contributed by atoms with van der Waals surface area (Å²) in [6.45, 7) is 1.78. The molecule has 2 nitrogen and oxygen atoms in total. The minimum absolute atomic E-state index is 0.00345. The van der Waals surface area contributed by atoms with Crippen molar-refractivity contribution >= 4 is 34.3 Å². The molecule has 0 aliphatic heterocycles. The van der Waals surface area contributed by atoms with Crippen LogP contribution in [0.25, 0.3) is 0 Å². The molecule has 1 unspecified atom stereocenters. The summed E-state index contributed by atoms with van der Waals surface area (Å²) in [5.41, 5.74) is 4.74. The highest BCUT2D eigenvalue weighted by Crippen LogP contribution is 2.38. The highest BCUT2D eigenvalue weighted by atomic mass is 35.5. The Morgan fingerprint density at radius 3 is 2.50 bits per heavy atom. The number of thiophene rings is 1. The second-order valence-electron chi connectivity index (χ2n) is 4.31. The minimum Gasteiger partial charge on any atom is -0.399 e. The van der Waals surface area contributed by atoms with E-state index in [2.05, 4.69) is 5.32 Å². The molecule has 0 aliphatic rings. The number of nitrogens with one attached hydrogen (secondary N) is 1. The van der Waals surface area contributed by atoms with Crippen molar-refractivity contribution in [2.24, 2.45) is 0 Å². The second kappa shape index (κ2) is 5.54. The van der Waals surface area contributed by atoms with Gasteiger partial charge in [0.25, 0.3) is 0 Å². The van der Waals surface area contributed by atoms with Crippen molar-refractivity contribution in [3.05, 3.63) is 45.1 Å². The molecule has 2 rings (SSSR count). The molecule has 0 amide bonds. The second-order valence-corrected chi connectivity index (χ2v) is 6.06. The van der Waals surface area contributed by atoms with Crippen molar-refractivity contribution < 1.29 is 13.2 Å². The molecule has 108 valence electrons. The van der Waals surface area contributed by atoms with E-state index in [1.165, 1.54) is 23.5 Å². The molecular weight excluding hydrogens is 309 g/mol. The largest absolute Gasteiger partial charge is 0.418 e. The molecule has 3 N–H and O–H groups in total. The van der Waals surface area contributed by atoms with E-state index in [0.717, 1.165) is 10.9 Å². The maximum atomic E-state index is 13.0. The number of hydrogen-bond donors (Lipinski definition) is 2. The van der Waals surface area contributed by atoms with Gasteiger partial charge >= 0.3 is 6.18 Å². The van der Waals surface area contributed by atoms with E-state index in [9.17, 15) is 13.2 Å². The summed E-state index contributed by atoms with van der Waals surface area (Å²) in [4.78, 5) is 0.861. The van der Waals surface area contributed by atoms with Gasteiger partial charge in [-0.25, -0.2) is 0 Å². The van der Waals surface area contributed by atoms with E-state index >= 15 is 0 Å². The van der Waals surface area contributed by atoms with Gasteiger partial charge in [0.15, 0.2) is 0 Å². The van der Waals surface area contributed by atoms with Gasteiger partial charge in [-0.1, -0.05) is 11.6 Å². The van der Waals surface area contributed by atoms with Crippen LogP contribution >= 0.6 is 22.9 Å². The van der Waals surface area contributed by atoms with Gasteiger partial charge in [0, 0.05) is 16.3 Å². The zero-order valence-corrected chi connectivity index (χ0v) is 12.0. The molecule has 0 saturated heterocycles. The van der Waals surface area contributed by atoms with E-state index in [1.54, 1.807) is 19.1 Å². The zero-order chi connectivity index (χ0) is 14.9. The topological polar surface area (TPSA) is 38.0 Å². The van der Waals surface area contributed by atoms with E-state index < -0.39 is 11.7 Å². The Morgan fingerprint density at radius 2 is 1.95 bits per heavy atom. The van der Waals surface area contributed by atoms with Crippen molar-refractivity contribution in [1.82, 2.24) is 0 Å². The van der Waals surface area contributed by atoms with Gasteiger partial charge in [-0.2, -0.15) is 13.2 Å². The van der Waals surface area contributed by atoms with E-state index in [4.69, 9.17) is 17.3 Å². The fourth-order valence-corrected chi connectivity index (χ4v) is 2.85. The lowest BCUT2D eigenvalue weighted by molar-refractivity contribution is -0.136. The molecule has 0 bridgehead atoms. The minimum atomic E-state index is -4.45. The van der Waals surface area contributed by atoms with Crippen molar-refractivity contribution in [2.75, 3.05) is 11.1 Å². The third-order valence-corrected chi connectivity index (χ3v) is 4.16. The van der Waals surface area contributed by atoms with Crippen LogP contribution in [0.3, 0.4) is 0 Å². The standard InChI is InChI=1S/C13H12ClF3N2S/c1-7(11-4-5-12(14)20-11)19-10-3-2-8(18)6-9(10)13(15,16)17/h2-7,19H,18H2,1H3. The molecule has 2 aromatic rings. The summed E-state index contributed by atoms with van der Waals surface area (Å²) in [6.07, 6.45) is -4.45. The Morgan fingerprint density at radius 1 is 1.25 bits per heavy atom. The van der Waals surface area contributed by atoms with E-state index in [0.29, 0.717) is 4.34 Å². The molecule has 0 radical (unpaired) electrons. The lowest BCUT2D eigenvalue weighted by Gasteiger charge is -2.19. The quantitative estimate of drug-likeness (QED) is 0.765. The number of benzene rings is 1. The molecule has 1 heterocycles. The SMILES string of the molecule is CC(Nc1ccc(N)cc1C(F)(F)F)c1ccc(Cl)s1. The average molecular weight is 321 g/mol. The van der Waals surface area contributed by atoms with Crippen molar-refractivity contribution in [1.29, 1.82) is 0 Å². The van der Waals surface area contributed by atoms with Crippen LogP contribution in [0.5, 0.6) is 0 Å². The number of anilines is 2.